The molecule has 13 heteroatoms. The Balaban J connectivity index is 0.00000675. The fourth-order valence-electron chi connectivity index (χ4n) is 5.72. The second kappa shape index (κ2) is 16.5. The highest BCUT2D eigenvalue weighted by molar-refractivity contribution is 8.93. The molecular weight excluding hydrogens is 632 g/mol. The third kappa shape index (κ3) is 8.75. The molecule has 3 rings (SSSR count). The number of nitro groups is 1. The van der Waals surface area contributed by atoms with Crippen molar-refractivity contribution in [3.8, 4) is 0 Å². The Labute approximate surface area is 267 Å². The quantitative estimate of drug-likeness (QED) is 0.0984. The lowest BCUT2D eigenvalue weighted by atomic mass is 10.1. The maximum absolute atomic E-state index is 13.2. The molecule has 44 heavy (non-hydrogen) atoms. The Hall–Kier alpha value is -3.58. The van der Waals surface area contributed by atoms with Crippen LogP contribution in [0.15, 0.2) is 55.6 Å². The molecule has 0 radical (unpaired) electrons. The predicted molar refractivity (Wildman–Crippen MR) is 177 cm³/mol. The Morgan fingerprint density at radius 1 is 0.750 bits per heavy atom. The predicted octanol–water partition coefficient (Wildman–Crippen LogP) is 3.68. The molecule has 0 amide bonds. The molecule has 2 aromatic heterocycles. The van der Waals surface area contributed by atoms with E-state index in [4.69, 9.17) is 0 Å². The van der Waals surface area contributed by atoms with Crippen LogP contribution in [0.25, 0.3) is 0 Å². The normalized spacial score (nSPS) is 11.4. The highest BCUT2D eigenvalue weighted by Gasteiger charge is 2.27. The van der Waals surface area contributed by atoms with E-state index in [1.54, 1.807) is 35.1 Å². The van der Waals surface area contributed by atoms with Crippen LogP contribution in [0.2, 0.25) is 0 Å². The number of quaternary nitrogens is 1. The van der Waals surface area contributed by atoms with Crippen LogP contribution in [0.5, 0.6) is 0 Å². The second-order valence-corrected chi connectivity index (χ2v) is 11.3. The molecule has 0 atom stereocenters. The summed E-state index contributed by atoms with van der Waals surface area (Å²) in [5.41, 5.74) is 0.754. The minimum absolute atomic E-state index is 0. The molecule has 0 fully saturated rings. The van der Waals surface area contributed by atoms with Gasteiger partial charge in [0.1, 0.15) is 6.54 Å². The first-order valence-electron chi connectivity index (χ1n) is 15.1. The zero-order valence-corrected chi connectivity index (χ0v) is 28.2. The van der Waals surface area contributed by atoms with Gasteiger partial charge in [-0.25, -0.2) is 9.59 Å². The molecule has 3 aromatic rings. The van der Waals surface area contributed by atoms with E-state index in [2.05, 4.69) is 13.8 Å². The lowest BCUT2D eigenvalue weighted by Gasteiger charge is -2.37. The lowest BCUT2D eigenvalue weighted by Crippen LogP contribution is -2.47. The molecule has 242 valence electrons. The van der Waals surface area contributed by atoms with Gasteiger partial charge in [-0.15, -0.1) is 17.0 Å². The monoisotopic (exact) mass is 677 g/mol. The molecule has 0 spiro atoms. The van der Waals surface area contributed by atoms with Crippen LogP contribution in [0.1, 0.15) is 62.9 Å². The summed E-state index contributed by atoms with van der Waals surface area (Å²) in [6.07, 6.45) is 3.63. The van der Waals surface area contributed by atoms with E-state index >= 15 is 0 Å². The number of aromatic nitrogens is 4. The third-order valence-electron chi connectivity index (χ3n) is 8.66. The van der Waals surface area contributed by atoms with Crippen molar-refractivity contribution in [1.29, 1.82) is 0 Å². The van der Waals surface area contributed by atoms with Gasteiger partial charge in [0.15, 0.2) is 0 Å². The van der Waals surface area contributed by atoms with Crippen molar-refractivity contribution in [3.05, 3.63) is 105 Å². The van der Waals surface area contributed by atoms with Gasteiger partial charge in [0.25, 0.3) is 16.8 Å². The van der Waals surface area contributed by atoms with Crippen molar-refractivity contribution in [2.75, 3.05) is 19.6 Å². The van der Waals surface area contributed by atoms with Gasteiger partial charge in [0.05, 0.1) is 30.1 Å². The van der Waals surface area contributed by atoms with Gasteiger partial charge in [-0.1, -0.05) is 12.1 Å². The molecular formula is C31H46BrN6O6+. The second-order valence-electron chi connectivity index (χ2n) is 11.3. The first-order valence-corrected chi connectivity index (χ1v) is 15.1. The number of hydrogen-bond acceptors (Lipinski definition) is 6. The van der Waals surface area contributed by atoms with Crippen molar-refractivity contribution in [1.82, 2.24) is 18.3 Å². The van der Waals surface area contributed by atoms with Crippen LogP contribution < -0.4 is 22.5 Å². The first kappa shape index (κ1) is 36.6. The number of halogens is 1. The summed E-state index contributed by atoms with van der Waals surface area (Å²) in [5, 5.41) is 11.5. The molecule has 0 aliphatic heterocycles. The first-order chi connectivity index (χ1) is 20.4. The van der Waals surface area contributed by atoms with Gasteiger partial charge >= 0.3 is 11.4 Å². The van der Waals surface area contributed by atoms with Gasteiger partial charge in [0, 0.05) is 56.3 Å². The standard InChI is InChI=1S/C31H45N6O6.BrH/c1-6-37(7-2,23-26-15-9-10-16-27(26)36(42)43)20-14-8-11-19-35-29(39)22-25(4)34(31(35)41)18-13-12-17-33-24(3)21-28(38)32(5)30(33)40;/h9-10,15-16,21-22H,6-8,11-14,17-20,23H2,1-5H3;1H/q+1;. The summed E-state index contributed by atoms with van der Waals surface area (Å²) in [5.74, 6) is 0. The van der Waals surface area contributed by atoms with Crippen LogP contribution in [0.3, 0.4) is 0 Å². The summed E-state index contributed by atoms with van der Waals surface area (Å²) < 4.78 is 6.28. The van der Waals surface area contributed by atoms with E-state index in [9.17, 15) is 29.3 Å². The van der Waals surface area contributed by atoms with Crippen molar-refractivity contribution in [2.45, 2.75) is 86.0 Å². The maximum atomic E-state index is 13.2. The zero-order valence-electron chi connectivity index (χ0n) is 26.5. The van der Waals surface area contributed by atoms with Crippen molar-refractivity contribution in [3.63, 3.8) is 0 Å². The van der Waals surface area contributed by atoms with Crippen LogP contribution >= 0.6 is 17.0 Å². The summed E-state index contributed by atoms with van der Waals surface area (Å²) in [6, 6.07) is 9.84. The van der Waals surface area contributed by atoms with Crippen molar-refractivity contribution in [2.24, 2.45) is 7.05 Å². The van der Waals surface area contributed by atoms with Crippen LogP contribution in [-0.2, 0) is 33.2 Å². The highest BCUT2D eigenvalue weighted by Crippen LogP contribution is 2.24. The van der Waals surface area contributed by atoms with E-state index in [-0.39, 0.29) is 50.1 Å². The van der Waals surface area contributed by atoms with Crippen molar-refractivity contribution < 1.29 is 9.41 Å². The number of benzene rings is 1. The minimum Gasteiger partial charge on any atom is -0.320 e. The largest absolute Gasteiger partial charge is 0.331 e. The fourth-order valence-corrected chi connectivity index (χ4v) is 5.72. The van der Waals surface area contributed by atoms with E-state index in [1.165, 1.54) is 23.7 Å². The number of unbranched alkanes of at least 4 members (excludes halogenated alkanes) is 3. The van der Waals surface area contributed by atoms with E-state index in [1.807, 2.05) is 12.1 Å². The van der Waals surface area contributed by atoms with Gasteiger partial charge < -0.3 is 4.48 Å². The average Bonchev–Trinajstić information content (AvgIpc) is 2.97. The molecule has 0 unspecified atom stereocenters. The third-order valence-corrected chi connectivity index (χ3v) is 8.66. The summed E-state index contributed by atoms with van der Waals surface area (Å²) in [6.45, 7) is 12.0. The van der Waals surface area contributed by atoms with Crippen molar-refractivity contribution >= 4 is 22.7 Å². The van der Waals surface area contributed by atoms with E-state index < -0.39 is 0 Å². The minimum atomic E-state index is -0.359. The number of nitro benzene ring substituents is 1. The Morgan fingerprint density at radius 2 is 1.27 bits per heavy atom. The van der Waals surface area contributed by atoms with Crippen LogP contribution in [0, 0.1) is 24.0 Å². The van der Waals surface area contributed by atoms with E-state index in [0.717, 1.165) is 47.1 Å². The molecule has 0 aliphatic carbocycles. The Morgan fingerprint density at radius 3 is 1.86 bits per heavy atom. The highest BCUT2D eigenvalue weighted by atomic mass is 79.9. The van der Waals surface area contributed by atoms with Crippen LogP contribution in [-0.4, -0.2) is 47.3 Å². The zero-order chi connectivity index (χ0) is 31.7. The SMILES string of the molecule is Br.CC[N+](CC)(CCCCCn1c(=O)cc(C)n(CCCCn2c(C)cc(=O)n(C)c2=O)c1=O)Cc1ccccc1[N+](=O)[O-]. The molecule has 12 nitrogen and oxygen atoms in total. The van der Waals surface area contributed by atoms with Gasteiger partial charge in [-0.3, -0.25) is 38.0 Å². The topological polar surface area (TPSA) is 131 Å². The molecule has 1 aromatic carbocycles. The maximum Gasteiger partial charge on any atom is 0.331 e. The summed E-state index contributed by atoms with van der Waals surface area (Å²) >= 11 is 0. The molecule has 0 aliphatic rings. The van der Waals surface area contributed by atoms with Gasteiger partial charge in [0.2, 0.25) is 0 Å². The Kier molecular flexibility index (Phi) is 13.7. The number of nitrogens with zero attached hydrogens (tertiary/aromatic N) is 6. The van der Waals surface area contributed by atoms with Gasteiger partial charge in [-0.2, -0.15) is 0 Å². The molecule has 0 bridgehead atoms. The number of aryl methyl sites for hydroxylation is 2. The van der Waals surface area contributed by atoms with E-state index in [0.29, 0.717) is 56.8 Å². The Bertz CT molecular complexity index is 1670. The smallest absolute Gasteiger partial charge is 0.320 e. The fraction of sp³-hybridized carbons (Fsp3) is 0.548. The molecule has 2 heterocycles. The molecule has 0 saturated heterocycles. The lowest BCUT2D eigenvalue weighted by molar-refractivity contribution is -0.938. The van der Waals surface area contributed by atoms with Gasteiger partial charge in [-0.05, 0) is 65.9 Å². The molecule has 0 saturated carbocycles. The average molecular weight is 679 g/mol. The summed E-state index contributed by atoms with van der Waals surface area (Å²) in [7, 11) is 1.45. The summed E-state index contributed by atoms with van der Waals surface area (Å²) in [4.78, 5) is 61.4. The number of hydrogen-bond donors (Lipinski definition) is 0. The number of para-hydroxylation sites is 1. The van der Waals surface area contributed by atoms with Crippen LogP contribution in [0.4, 0.5) is 5.69 Å². The molecule has 0 N–H and O–H groups in total. The number of rotatable bonds is 16.